The second-order valence-corrected chi connectivity index (χ2v) is 5.09. The molecule has 0 aliphatic carbocycles. The Balaban J connectivity index is 2.28. The van der Waals surface area contributed by atoms with Gasteiger partial charge in [-0.25, -0.2) is 4.39 Å². The zero-order valence-corrected chi connectivity index (χ0v) is 11.3. The van der Waals surface area contributed by atoms with Crippen molar-refractivity contribution in [3.8, 4) is 0 Å². The fourth-order valence-corrected chi connectivity index (χ4v) is 2.59. The summed E-state index contributed by atoms with van der Waals surface area (Å²) in [6.45, 7) is 3.22. The second-order valence-electron chi connectivity index (χ2n) is 5.09. The van der Waals surface area contributed by atoms with Crippen molar-refractivity contribution in [2.45, 2.75) is 26.2 Å². The third-order valence-electron chi connectivity index (χ3n) is 3.77. The molecule has 1 aromatic carbocycles. The van der Waals surface area contributed by atoms with E-state index < -0.39 is 16.6 Å². The first-order valence-corrected chi connectivity index (χ1v) is 6.76. The van der Waals surface area contributed by atoms with Gasteiger partial charge in [0, 0.05) is 19.2 Å². The smallest absolute Gasteiger partial charge is 0.282 e. The summed E-state index contributed by atoms with van der Waals surface area (Å²) in [6.07, 6.45) is 2.91. The maximum atomic E-state index is 13.3. The van der Waals surface area contributed by atoms with E-state index >= 15 is 0 Å². The van der Waals surface area contributed by atoms with Gasteiger partial charge < -0.3 is 4.90 Å². The maximum absolute atomic E-state index is 13.3. The van der Waals surface area contributed by atoms with Gasteiger partial charge in [0.2, 0.25) is 0 Å². The van der Waals surface area contributed by atoms with Crippen LogP contribution in [0.2, 0.25) is 0 Å². The van der Waals surface area contributed by atoms with Crippen LogP contribution in [-0.2, 0) is 0 Å². The summed E-state index contributed by atoms with van der Waals surface area (Å²) >= 11 is 0. The van der Waals surface area contributed by atoms with Crippen LogP contribution in [0.15, 0.2) is 18.2 Å². The normalized spacial score (nSPS) is 18.9. The molecule has 2 rings (SSSR count). The van der Waals surface area contributed by atoms with Crippen LogP contribution < -0.4 is 0 Å². The van der Waals surface area contributed by atoms with E-state index in [0.717, 1.165) is 37.5 Å². The molecule has 20 heavy (non-hydrogen) atoms. The summed E-state index contributed by atoms with van der Waals surface area (Å²) in [6, 6.07) is 3.00. The van der Waals surface area contributed by atoms with Gasteiger partial charge in [-0.05, 0) is 30.9 Å². The van der Waals surface area contributed by atoms with Crippen LogP contribution in [-0.4, -0.2) is 28.8 Å². The molecule has 0 saturated carbocycles. The molecular formula is C14H17FN2O3. The quantitative estimate of drug-likeness (QED) is 0.631. The fraction of sp³-hybridized carbons (Fsp3) is 0.500. The first-order valence-electron chi connectivity index (χ1n) is 6.76. The van der Waals surface area contributed by atoms with Crippen LogP contribution in [0.1, 0.15) is 36.5 Å². The Labute approximate surface area is 116 Å². The maximum Gasteiger partial charge on any atom is 0.282 e. The lowest BCUT2D eigenvalue weighted by Crippen LogP contribution is -2.40. The highest BCUT2D eigenvalue weighted by Gasteiger charge is 2.28. The Morgan fingerprint density at radius 3 is 2.95 bits per heavy atom. The number of hydrogen-bond donors (Lipinski definition) is 0. The van der Waals surface area contributed by atoms with E-state index in [1.165, 1.54) is 0 Å². The predicted molar refractivity (Wildman–Crippen MR) is 72.0 cm³/mol. The number of nitrogens with zero attached hydrogens (tertiary/aromatic N) is 2. The van der Waals surface area contributed by atoms with Gasteiger partial charge >= 0.3 is 0 Å². The molecule has 0 aromatic heterocycles. The van der Waals surface area contributed by atoms with Crippen molar-refractivity contribution in [3.63, 3.8) is 0 Å². The molecule has 1 saturated heterocycles. The Morgan fingerprint density at radius 1 is 1.55 bits per heavy atom. The molecule has 1 heterocycles. The molecule has 0 radical (unpaired) electrons. The number of halogens is 1. The van der Waals surface area contributed by atoms with Gasteiger partial charge in [0.05, 0.1) is 4.92 Å². The molecule has 1 aliphatic rings. The van der Waals surface area contributed by atoms with Crippen molar-refractivity contribution in [2.24, 2.45) is 5.92 Å². The fourth-order valence-electron chi connectivity index (χ4n) is 2.59. The molecule has 108 valence electrons. The highest BCUT2D eigenvalue weighted by Crippen LogP contribution is 2.25. The van der Waals surface area contributed by atoms with Crippen molar-refractivity contribution >= 4 is 11.6 Å². The molecule has 1 amide bonds. The monoisotopic (exact) mass is 280 g/mol. The summed E-state index contributed by atoms with van der Waals surface area (Å²) in [5.74, 6) is -0.669. The molecule has 0 N–H and O–H groups in total. The molecule has 0 spiro atoms. The minimum absolute atomic E-state index is 0.160. The van der Waals surface area contributed by atoms with Crippen molar-refractivity contribution in [1.29, 1.82) is 0 Å². The number of benzene rings is 1. The first-order chi connectivity index (χ1) is 9.52. The number of likely N-dealkylation sites (tertiary alicyclic amines) is 1. The zero-order chi connectivity index (χ0) is 14.7. The molecule has 1 atom stereocenters. The molecule has 6 heteroatoms. The summed E-state index contributed by atoms with van der Waals surface area (Å²) < 4.78 is 13.3. The second kappa shape index (κ2) is 5.98. The summed E-state index contributed by atoms with van der Waals surface area (Å²) in [4.78, 5) is 24.3. The molecule has 0 bridgehead atoms. The Hall–Kier alpha value is -1.98. The predicted octanol–water partition coefficient (Wildman–Crippen LogP) is 3.00. The topological polar surface area (TPSA) is 63.5 Å². The Morgan fingerprint density at radius 2 is 2.30 bits per heavy atom. The van der Waals surface area contributed by atoms with Crippen LogP contribution >= 0.6 is 0 Å². The van der Waals surface area contributed by atoms with Crippen LogP contribution in [0, 0.1) is 21.8 Å². The van der Waals surface area contributed by atoms with E-state index in [4.69, 9.17) is 0 Å². The average Bonchev–Trinajstić information content (AvgIpc) is 2.46. The molecule has 5 nitrogen and oxygen atoms in total. The van der Waals surface area contributed by atoms with E-state index in [2.05, 4.69) is 6.92 Å². The van der Waals surface area contributed by atoms with Gasteiger partial charge in [-0.15, -0.1) is 0 Å². The number of amides is 1. The van der Waals surface area contributed by atoms with Gasteiger partial charge in [-0.3, -0.25) is 14.9 Å². The van der Waals surface area contributed by atoms with Crippen LogP contribution in [0.5, 0.6) is 0 Å². The zero-order valence-electron chi connectivity index (χ0n) is 11.3. The number of hydrogen-bond acceptors (Lipinski definition) is 3. The lowest BCUT2D eigenvalue weighted by atomic mass is 9.95. The third kappa shape index (κ3) is 2.95. The van der Waals surface area contributed by atoms with Crippen molar-refractivity contribution in [3.05, 3.63) is 39.7 Å². The first kappa shape index (κ1) is 14.4. The summed E-state index contributed by atoms with van der Waals surface area (Å²) in [7, 11) is 0. The van der Waals surface area contributed by atoms with E-state index in [1.807, 2.05) is 0 Å². The van der Waals surface area contributed by atoms with Crippen LogP contribution in [0.25, 0.3) is 0 Å². The van der Waals surface area contributed by atoms with Gasteiger partial charge in [-0.2, -0.15) is 0 Å². The van der Waals surface area contributed by atoms with Crippen molar-refractivity contribution in [2.75, 3.05) is 13.1 Å². The highest BCUT2D eigenvalue weighted by atomic mass is 19.1. The number of carbonyl (C=O) groups is 1. The summed E-state index contributed by atoms with van der Waals surface area (Å²) in [5.41, 5.74) is -0.498. The number of nitro groups is 1. The third-order valence-corrected chi connectivity index (χ3v) is 3.77. The van der Waals surface area contributed by atoms with Crippen molar-refractivity contribution in [1.82, 2.24) is 4.90 Å². The molecular weight excluding hydrogens is 263 g/mol. The van der Waals surface area contributed by atoms with E-state index in [-0.39, 0.29) is 11.3 Å². The molecule has 1 fully saturated rings. The lowest BCUT2D eigenvalue weighted by molar-refractivity contribution is -0.385. The van der Waals surface area contributed by atoms with Gasteiger partial charge in [0.25, 0.3) is 11.6 Å². The summed E-state index contributed by atoms with van der Waals surface area (Å²) in [5, 5.41) is 11.0. The van der Waals surface area contributed by atoms with E-state index in [1.54, 1.807) is 4.90 Å². The number of carbonyl (C=O) groups excluding carboxylic acids is 1. The number of nitro benzene ring substituents is 1. The number of rotatable bonds is 3. The van der Waals surface area contributed by atoms with Gasteiger partial charge in [0.1, 0.15) is 11.4 Å². The van der Waals surface area contributed by atoms with Gasteiger partial charge in [0.15, 0.2) is 0 Å². The highest BCUT2D eigenvalue weighted by molar-refractivity contribution is 5.98. The minimum Gasteiger partial charge on any atom is -0.338 e. The van der Waals surface area contributed by atoms with E-state index in [0.29, 0.717) is 19.0 Å². The number of piperidine rings is 1. The Kier molecular flexibility index (Phi) is 4.32. The lowest BCUT2D eigenvalue weighted by Gasteiger charge is -2.32. The average molecular weight is 280 g/mol. The van der Waals surface area contributed by atoms with E-state index in [9.17, 15) is 19.3 Å². The minimum atomic E-state index is -0.645. The molecule has 1 unspecified atom stereocenters. The van der Waals surface area contributed by atoms with Gasteiger partial charge in [-0.1, -0.05) is 13.3 Å². The standard InChI is InChI=1S/C14H17FN2O3/c1-2-10-4-3-7-16(9-10)14(18)12-8-11(15)5-6-13(12)17(19)20/h5-6,8,10H,2-4,7,9H2,1H3. The largest absolute Gasteiger partial charge is 0.338 e. The van der Waals surface area contributed by atoms with Crippen LogP contribution in [0.4, 0.5) is 10.1 Å². The SMILES string of the molecule is CCC1CCCN(C(=O)c2cc(F)ccc2[N+](=O)[O-])C1. The molecule has 1 aromatic rings. The molecule has 1 aliphatic heterocycles. The Bertz CT molecular complexity index is 533. The van der Waals surface area contributed by atoms with Crippen molar-refractivity contribution < 1.29 is 14.1 Å². The van der Waals surface area contributed by atoms with Crippen LogP contribution in [0.3, 0.4) is 0 Å².